The predicted octanol–water partition coefficient (Wildman–Crippen LogP) is 4.23. The second-order valence-electron chi connectivity index (χ2n) is 5.85. The summed E-state index contributed by atoms with van der Waals surface area (Å²) in [4.78, 5) is 9.85. The van der Waals surface area contributed by atoms with Gasteiger partial charge in [0.05, 0.1) is 13.2 Å². The van der Waals surface area contributed by atoms with Gasteiger partial charge in [-0.05, 0) is 40.5 Å². The molecule has 0 radical (unpaired) electrons. The van der Waals surface area contributed by atoms with Gasteiger partial charge in [-0.2, -0.15) is 0 Å². The zero-order chi connectivity index (χ0) is 16.6. The maximum Gasteiger partial charge on any atom is 0.477 e. The molecule has 6 nitrogen and oxygen atoms in total. The first-order chi connectivity index (χ1) is 9.54. The smallest absolute Gasteiger partial charge is 0.350 e. The third-order valence-electron chi connectivity index (χ3n) is 2.57. The molecule has 0 heterocycles. The quantitative estimate of drug-likeness (QED) is 0.329. The molecular formula is C14H31O6P. The lowest BCUT2D eigenvalue weighted by molar-refractivity contribution is -0.201. The Hall–Kier alpha value is 0.0300. The first kappa shape index (κ1) is 21.0. The fraction of sp³-hybridized carbons (Fsp3) is 1.00. The highest BCUT2D eigenvalue weighted by Gasteiger charge is 2.38. The summed E-state index contributed by atoms with van der Waals surface area (Å²) in [6, 6.07) is 0. The molecule has 0 aliphatic heterocycles. The van der Waals surface area contributed by atoms with Crippen LogP contribution in [0.4, 0.5) is 0 Å². The molecule has 0 rings (SSSR count). The lowest BCUT2D eigenvalue weighted by Gasteiger charge is -2.32. The number of hydrogen-bond acceptors (Lipinski definition) is 5. The normalized spacial score (nSPS) is 13.7. The van der Waals surface area contributed by atoms with E-state index in [0.717, 1.165) is 25.7 Å². The Morgan fingerprint density at radius 2 is 1.19 bits per heavy atom. The van der Waals surface area contributed by atoms with Crippen LogP contribution < -0.4 is 0 Å². The van der Waals surface area contributed by atoms with Gasteiger partial charge in [0, 0.05) is 0 Å². The summed E-state index contributed by atoms with van der Waals surface area (Å²) >= 11 is 0. The van der Waals surface area contributed by atoms with Crippen molar-refractivity contribution in [1.82, 2.24) is 0 Å². The molecule has 21 heavy (non-hydrogen) atoms. The summed E-state index contributed by atoms with van der Waals surface area (Å²) in [5.41, 5.74) is 0. The molecule has 0 unspecified atom stereocenters. The highest BCUT2D eigenvalue weighted by Crippen LogP contribution is 2.51. The van der Waals surface area contributed by atoms with E-state index in [1.807, 2.05) is 13.8 Å². The van der Waals surface area contributed by atoms with Crippen molar-refractivity contribution in [1.29, 1.82) is 0 Å². The molecule has 0 saturated carbocycles. The molecular weight excluding hydrogens is 295 g/mol. The largest absolute Gasteiger partial charge is 0.477 e. The third kappa shape index (κ3) is 11.3. The van der Waals surface area contributed by atoms with Crippen LogP contribution in [-0.4, -0.2) is 29.7 Å². The molecule has 0 aromatic carbocycles. The number of hydrogen-bond donors (Lipinski definition) is 1. The SMILES string of the molecule is CCCCOC(C)(C)OP(=O)(O)OC(C)(C)OCCCC. The van der Waals surface area contributed by atoms with Crippen molar-refractivity contribution in [2.45, 2.75) is 78.8 Å². The van der Waals surface area contributed by atoms with Crippen molar-refractivity contribution in [3.05, 3.63) is 0 Å². The summed E-state index contributed by atoms with van der Waals surface area (Å²) in [7, 11) is -4.28. The van der Waals surface area contributed by atoms with Crippen LogP contribution >= 0.6 is 7.82 Å². The van der Waals surface area contributed by atoms with Gasteiger partial charge in [0.15, 0.2) is 11.6 Å². The van der Waals surface area contributed by atoms with Crippen LogP contribution in [-0.2, 0) is 23.1 Å². The van der Waals surface area contributed by atoms with Gasteiger partial charge in [-0.25, -0.2) is 4.57 Å². The maximum absolute atomic E-state index is 12.1. The Bertz CT molecular complexity index is 301. The van der Waals surface area contributed by atoms with Crippen LogP contribution in [0.1, 0.15) is 67.2 Å². The lowest BCUT2D eigenvalue weighted by Crippen LogP contribution is -2.32. The van der Waals surface area contributed by atoms with Crippen molar-refractivity contribution in [3.8, 4) is 0 Å². The van der Waals surface area contributed by atoms with E-state index in [0.29, 0.717) is 13.2 Å². The fourth-order valence-corrected chi connectivity index (χ4v) is 2.81. The molecule has 7 heteroatoms. The second kappa shape index (κ2) is 9.23. The summed E-state index contributed by atoms with van der Waals surface area (Å²) in [6.07, 6.45) is 3.66. The number of rotatable bonds is 12. The fourth-order valence-electron chi connectivity index (χ4n) is 1.55. The minimum atomic E-state index is -4.28. The number of phosphoric acid groups is 1. The van der Waals surface area contributed by atoms with E-state index in [1.165, 1.54) is 0 Å². The molecule has 0 bridgehead atoms. The van der Waals surface area contributed by atoms with Gasteiger partial charge in [0.1, 0.15) is 0 Å². The first-order valence-electron chi connectivity index (χ1n) is 7.56. The van der Waals surface area contributed by atoms with Crippen molar-refractivity contribution in [2.75, 3.05) is 13.2 Å². The lowest BCUT2D eigenvalue weighted by atomic mass is 10.3. The Morgan fingerprint density at radius 3 is 1.48 bits per heavy atom. The van der Waals surface area contributed by atoms with Gasteiger partial charge < -0.3 is 14.4 Å². The Labute approximate surface area is 128 Å². The average molecular weight is 326 g/mol. The van der Waals surface area contributed by atoms with Crippen molar-refractivity contribution in [2.24, 2.45) is 0 Å². The van der Waals surface area contributed by atoms with Gasteiger partial charge in [-0.3, -0.25) is 9.05 Å². The molecule has 0 aromatic heterocycles. The maximum atomic E-state index is 12.1. The molecule has 0 saturated heterocycles. The minimum absolute atomic E-state index is 0.458. The number of ether oxygens (including phenoxy) is 2. The van der Waals surface area contributed by atoms with E-state index in [-0.39, 0.29) is 0 Å². The molecule has 0 aromatic rings. The second-order valence-corrected chi connectivity index (χ2v) is 7.16. The van der Waals surface area contributed by atoms with Gasteiger partial charge >= 0.3 is 7.82 Å². The van der Waals surface area contributed by atoms with Gasteiger partial charge in [-0.1, -0.05) is 26.7 Å². The summed E-state index contributed by atoms with van der Waals surface area (Å²) in [5.74, 6) is -2.39. The van der Waals surface area contributed by atoms with Gasteiger partial charge in [0.2, 0.25) is 0 Å². The van der Waals surface area contributed by atoms with Crippen LogP contribution in [0.25, 0.3) is 0 Å². The molecule has 0 amide bonds. The molecule has 1 N–H and O–H groups in total. The summed E-state index contributed by atoms with van der Waals surface area (Å²) < 4.78 is 33.2. The van der Waals surface area contributed by atoms with Crippen molar-refractivity contribution >= 4 is 7.82 Å². The van der Waals surface area contributed by atoms with E-state index < -0.39 is 19.4 Å². The number of phosphoric ester groups is 1. The first-order valence-corrected chi connectivity index (χ1v) is 9.05. The van der Waals surface area contributed by atoms with E-state index in [1.54, 1.807) is 27.7 Å². The summed E-state index contributed by atoms with van der Waals surface area (Å²) in [5, 5.41) is 0. The molecule has 0 fully saturated rings. The van der Waals surface area contributed by atoms with Crippen LogP contribution in [0.2, 0.25) is 0 Å². The summed E-state index contributed by atoms with van der Waals surface area (Å²) in [6.45, 7) is 11.3. The van der Waals surface area contributed by atoms with E-state index >= 15 is 0 Å². The molecule has 0 aliphatic carbocycles. The van der Waals surface area contributed by atoms with Crippen molar-refractivity contribution in [3.63, 3.8) is 0 Å². The van der Waals surface area contributed by atoms with Crippen LogP contribution in [0.15, 0.2) is 0 Å². The van der Waals surface area contributed by atoms with Gasteiger partial charge in [-0.15, -0.1) is 0 Å². The monoisotopic (exact) mass is 326 g/mol. The predicted molar refractivity (Wildman–Crippen MR) is 81.9 cm³/mol. The third-order valence-corrected chi connectivity index (χ3v) is 3.91. The van der Waals surface area contributed by atoms with Gasteiger partial charge in [0.25, 0.3) is 0 Å². The van der Waals surface area contributed by atoms with E-state index in [9.17, 15) is 9.46 Å². The van der Waals surface area contributed by atoms with E-state index in [2.05, 4.69) is 0 Å². The van der Waals surface area contributed by atoms with Crippen LogP contribution in [0.5, 0.6) is 0 Å². The van der Waals surface area contributed by atoms with Crippen LogP contribution in [0.3, 0.4) is 0 Å². The van der Waals surface area contributed by atoms with E-state index in [4.69, 9.17) is 18.5 Å². The highest BCUT2D eigenvalue weighted by atomic mass is 31.2. The Kier molecular flexibility index (Phi) is 9.25. The number of unbranched alkanes of at least 4 members (excludes halogenated alkanes) is 2. The van der Waals surface area contributed by atoms with Crippen molar-refractivity contribution < 1.29 is 28.0 Å². The zero-order valence-electron chi connectivity index (χ0n) is 14.2. The Balaban J connectivity index is 4.42. The topological polar surface area (TPSA) is 74.2 Å². The average Bonchev–Trinajstić information content (AvgIpc) is 2.25. The zero-order valence-corrected chi connectivity index (χ0v) is 15.1. The molecule has 0 spiro atoms. The molecule has 0 atom stereocenters. The Morgan fingerprint density at radius 1 is 0.857 bits per heavy atom. The molecule has 128 valence electrons. The molecule has 0 aliphatic rings. The standard InChI is InChI=1S/C14H31O6P/c1-7-9-11-17-13(3,4)19-21(15,16)20-14(5,6)18-12-10-8-2/h7-12H2,1-6H3,(H,15,16). The highest BCUT2D eigenvalue weighted by molar-refractivity contribution is 7.47. The minimum Gasteiger partial charge on any atom is -0.350 e. The van der Waals surface area contributed by atoms with Crippen LogP contribution in [0, 0.1) is 0 Å².